The van der Waals surface area contributed by atoms with Crippen molar-refractivity contribution in [3.63, 3.8) is 0 Å². The predicted octanol–water partition coefficient (Wildman–Crippen LogP) is 2.79. The van der Waals surface area contributed by atoms with Gasteiger partial charge in [0.1, 0.15) is 0 Å². The molecule has 0 atom stereocenters. The van der Waals surface area contributed by atoms with Crippen LogP contribution in [0.1, 0.15) is 5.56 Å². The number of anilines is 1. The molecule has 0 radical (unpaired) electrons. The third-order valence-electron chi connectivity index (χ3n) is 2.07. The molecule has 15 heavy (non-hydrogen) atoms. The van der Waals surface area contributed by atoms with Crippen molar-refractivity contribution in [2.75, 3.05) is 24.4 Å². The van der Waals surface area contributed by atoms with Gasteiger partial charge < -0.3 is 4.90 Å². The molecular weight excluding hydrogens is 208 g/mol. The van der Waals surface area contributed by atoms with Crippen LogP contribution in [-0.2, 0) is 0 Å². The maximum absolute atomic E-state index is 8.76. The number of rotatable bonds is 4. The highest BCUT2D eigenvalue weighted by atomic mass is 35.5. The minimum absolute atomic E-state index is 0.461. The van der Waals surface area contributed by atoms with Crippen LogP contribution in [0.25, 0.3) is 0 Å². The van der Waals surface area contributed by atoms with Gasteiger partial charge in [0.15, 0.2) is 0 Å². The smallest absolute Gasteiger partial charge is 0.0992 e. The zero-order chi connectivity index (χ0) is 11.3. The molecule has 0 amide bonds. The first-order valence-corrected chi connectivity index (χ1v) is 5.14. The second-order valence-corrected chi connectivity index (χ2v) is 3.67. The van der Waals surface area contributed by atoms with Crippen molar-refractivity contribution in [1.82, 2.24) is 0 Å². The summed E-state index contributed by atoms with van der Waals surface area (Å²) in [6.45, 7) is 4.55. The van der Waals surface area contributed by atoms with Crippen LogP contribution in [0.4, 0.5) is 5.69 Å². The zero-order valence-electron chi connectivity index (χ0n) is 8.70. The normalized spacial score (nSPS) is 9.40. The highest BCUT2D eigenvalue weighted by molar-refractivity contribution is 6.19. The predicted molar refractivity (Wildman–Crippen MR) is 64.3 cm³/mol. The topological polar surface area (TPSA) is 27.0 Å². The number of nitriles is 1. The number of halogens is 1. The maximum Gasteiger partial charge on any atom is 0.0992 e. The van der Waals surface area contributed by atoms with Gasteiger partial charge in [-0.1, -0.05) is 12.6 Å². The van der Waals surface area contributed by atoms with Crippen molar-refractivity contribution in [3.05, 3.63) is 42.0 Å². The third-order valence-corrected chi connectivity index (χ3v) is 2.44. The molecule has 0 saturated carbocycles. The lowest BCUT2D eigenvalue weighted by Crippen LogP contribution is -2.20. The standard InChI is InChI=1S/C12H13ClN2/c1-10(7-13)9-15(2)12-5-3-4-11(6-12)8-14/h3-6H,1,7,9H2,2H3. The van der Waals surface area contributed by atoms with Gasteiger partial charge in [-0.25, -0.2) is 0 Å². The molecule has 0 aromatic heterocycles. The summed E-state index contributed by atoms with van der Waals surface area (Å²) in [4.78, 5) is 2.02. The second-order valence-electron chi connectivity index (χ2n) is 3.40. The van der Waals surface area contributed by atoms with Gasteiger partial charge in [-0.15, -0.1) is 11.6 Å². The molecule has 1 aromatic rings. The van der Waals surface area contributed by atoms with E-state index in [0.717, 1.165) is 11.3 Å². The Morgan fingerprint density at radius 3 is 2.93 bits per heavy atom. The van der Waals surface area contributed by atoms with Crippen molar-refractivity contribution >= 4 is 17.3 Å². The minimum atomic E-state index is 0.461. The Bertz CT molecular complexity index is 393. The van der Waals surface area contributed by atoms with E-state index in [2.05, 4.69) is 12.6 Å². The van der Waals surface area contributed by atoms with Crippen LogP contribution in [0.15, 0.2) is 36.4 Å². The average molecular weight is 221 g/mol. The van der Waals surface area contributed by atoms with Gasteiger partial charge in [-0.05, 0) is 23.8 Å². The van der Waals surface area contributed by atoms with Crippen LogP contribution in [0.2, 0.25) is 0 Å². The molecule has 0 aliphatic heterocycles. The molecule has 3 heteroatoms. The first kappa shape index (κ1) is 11.6. The van der Waals surface area contributed by atoms with Crippen molar-refractivity contribution in [2.24, 2.45) is 0 Å². The summed E-state index contributed by atoms with van der Waals surface area (Å²) in [5.74, 6) is 0.461. The minimum Gasteiger partial charge on any atom is -0.371 e. The molecule has 0 fully saturated rings. The molecule has 0 heterocycles. The molecule has 78 valence electrons. The average Bonchev–Trinajstić information content (AvgIpc) is 2.28. The molecule has 1 rings (SSSR count). The second kappa shape index (κ2) is 5.43. The summed E-state index contributed by atoms with van der Waals surface area (Å²) < 4.78 is 0. The lowest BCUT2D eigenvalue weighted by molar-refractivity contribution is 0.987. The van der Waals surface area contributed by atoms with E-state index < -0.39 is 0 Å². The monoisotopic (exact) mass is 220 g/mol. The first-order valence-electron chi connectivity index (χ1n) is 4.61. The van der Waals surface area contributed by atoms with Gasteiger partial charge in [0.25, 0.3) is 0 Å². The largest absolute Gasteiger partial charge is 0.371 e. The molecular formula is C12H13ClN2. The summed E-state index contributed by atoms with van der Waals surface area (Å²) in [6.07, 6.45) is 0. The highest BCUT2D eigenvalue weighted by Crippen LogP contribution is 2.15. The van der Waals surface area contributed by atoms with Crippen LogP contribution in [0.3, 0.4) is 0 Å². The van der Waals surface area contributed by atoms with Gasteiger partial charge in [0.2, 0.25) is 0 Å². The van der Waals surface area contributed by atoms with Gasteiger partial charge in [-0.3, -0.25) is 0 Å². The van der Waals surface area contributed by atoms with E-state index in [0.29, 0.717) is 18.0 Å². The maximum atomic E-state index is 8.76. The third kappa shape index (κ3) is 3.30. The number of hydrogen-bond donors (Lipinski definition) is 0. The van der Waals surface area contributed by atoms with Gasteiger partial charge in [0, 0.05) is 25.2 Å². The van der Waals surface area contributed by atoms with Crippen LogP contribution in [-0.4, -0.2) is 19.5 Å². The molecule has 0 saturated heterocycles. The van der Waals surface area contributed by atoms with Gasteiger partial charge in [0.05, 0.1) is 11.6 Å². The van der Waals surface area contributed by atoms with Gasteiger partial charge in [-0.2, -0.15) is 5.26 Å². The Morgan fingerprint density at radius 2 is 2.33 bits per heavy atom. The fourth-order valence-corrected chi connectivity index (χ4v) is 1.37. The van der Waals surface area contributed by atoms with E-state index >= 15 is 0 Å². The Hall–Kier alpha value is -1.46. The summed E-state index contributed by atoms with van der Waals surface area (Å²) >= 11 is 5.66. The fourth-order valence-electron chi connectivity index (χ4n) is 1.28. The Kier molecular flexibility index (Phi) is 4.20. The molecule has 0 spiro atoms. The van der Waals surface area contributed by atoms with Crippen molar-refractivity contribution in [3.8, 4) is 6.07 Å². The van der Waals surface area contributed by atoms with Crippen LogP contribution in [0, 0.1) is 11.3 Å². The first-order chi connectivity index (χ1) is 7.17. The quantitative estimate of drug-likeness (QED) is 0.576. The Labute approximate surface area is 95.4 Å². The van der Waals surface area contributed by atoms with Crippen molar-refractivity contribution in [2.45, 2.75) is 0 Å². The van der Waals surface area contributed by atoms with Crippen molar-refractivity contribution in [1.29, 1.82) is 5.26 Å². The number of likely N-dealkylation sites (N-methyl/N-ethyl adjacent to an activating group) is 1. The highest BCUT2D eigenvalue weighted by Gasteiger charge is 2.02. The summed E-state index contributed by atoms with van der Waals surface area (Å²) in [7, 11) is 1.95. The molecule has 0 N–H and O–H groups in total. The van der Waals surface area contributed by atoms with Crippen molar-refractivity contribution < 1.29 is 0 Å². The molecule has 0 aliphatic carbocycles. The zero-order valence-corrected chi connectivity index (χ0v) is 9.46. The van der Waals surface area contributed by atoms with E-state index in [4.69, 9.17) is 16.9 Å². The van der Waals surface area contributed by atoms with E-state index in [1.54, 1.807) is 6.07 Å². The summed E-state index contributed by atoms with van der Waals surface area (Å²) in [6, 6.07) is 9.58. The van der Waals surface area contributed by atoms with Crippen LogP contribution < -0.4 is 4.90 Å². The van der Waals surface area contributed by atoms with Crippen LogP contribution >= 0.6 is 11.6 Å². The lowest BCUT2D eigenvalue weighted by Gasteiger charge is -2.19. The number of benzene rings is 1. The Balaban J connectivity index is 2.78. The lowest BCUT2D eigenvalue weighted by atomic mass is 10.2. The summed E-state index contributed by atoms with van der Waals surface area (Å²) in [5, 5.41) is 8.76. The molecule has 1 aromatic carbocycles. The number of nitrogens with zero attached hydrogens (tertiary/aromatic N) is 2. The number of hydrogen-bond acceptors (Lipinski definition) is 2. The summed E-state index contributed by atoms with van der Waals surface area (Å²) in [5.41, 5.74) is 2.62. The SMILES string of the molecule is C=C(CCl)CN(C)c1cccc(C#N)c1. The van der Waals surface area contributed by atoms with Crippen LogP contribution in [0.5, 0.6) is 0 Å². The van der Waals surface area contributed by atoms with E-state index in [-0.39, 0.29) is 0 Å². The molecule has 2 nitrogen and oxygen atoms in total. The fraction of sp³-hybridized carbons (Fsp3) is 0.250. The number of alkyl halides is 1. The van der Waals surface area contributed by atoms with Gasteiger partial charge >= 0.3 is 0 Å². The van der Waals surface area contributed by atoms with E-state index in [9.17, 15) is 0 Å². The van der Waals surface area contributed by atoms with E-state index in [1.165, 1.54) is 0 Å². The molecule has 0 bridgehead atoms. The molecule has 0 unspecified atom stereocenters. The molecule has 0 aliphatic rings. The van der Waals surface area contributed by atoms with E-state index in [1.807, 2.05) is 30.1 Å². The Morgan fingerprint density at radius 1 is 1.60 bits per heavy atom.